The molecule has 0 saturated heterocycles. The molecule has 98 valence electrons. The van der Waals surface area contributed by atoms with Crippen LogP contribution in [0.4, 0.5) is 10.1 Å². The normalized spacial score (nSPS) is 10.3. The number of nitrogens with one attached hydrogen (secondary N) is 1. The van der Waals surface area contributed by atoms with Gasteiger partial charge in [-0.3, -0.25) is 9.59 Å². The Bertz CT molecular complexity index is 679. The van der Waals surface area contributed by atoms with Crippen LogP contribution in [0.2, 0.25) is 0 Å². The molecule has 1 aromatic carbocycles. The second kappa shape index (κ2) is 5.06. The van der Waals surface area contributed by atoms with Crippen molar-refractivity contribution in [2.45, 2.75) is 6.92 Å². The standard InChI is InChI=1S/C14H13FN2O2/c1-9-6-13(18)12(8-16-9)14(19)17(2)11-5-3-4-10(15)7-11/h3-8H,1-2H3,(H,16,18). The average Bonchev–Trinajstić information content (AvgIpc) is 2.37. The predicted octanol–water partition coefficient (Wildman–Crippen LogP) is 2.10. The molecule has 0 aliphatic heterocycles. The predicted molar refractivity (Wildman–Crippen MR) is 70.9 cm³/mol. The van der Waals surface area contributed by atoms with Crippen molar-refractivity contribution in [1.29, 1.82) is 0 Å². The van der Waals surface area contributed by atoms with Crippen molar-refractivity contribution in [3.63, 3.8) is 0 Å². The fourth-order valence-electron chi connectivity index (χ4n) is 1.72. The molecule has 1 N–H and O–H groups in total. The van der Waals surface area contributed by atoms with Gasteiger partial charge in [0, 0.05) is 30.7 Å². The van der Waals surface area contributed by atoms with E-state index in [1.807, 2.05) is 0 Å². The second-order valence-corrected chi connectivity index (χ2v) is 4.24. The lowest BCUT2D eigenvalue weighted by Crippen LogP contribution is -2.30. The Labute approximate surface area is 109 Å². The summed E-state index contributed by atoms with van der Waals surface area (Å²) in [7, 11) is 1.50. The lowest BCUT2D eigenvalue weighted by Gasteiger charge is -2.17. The summed E-state index contributed by atoms with van der Waals surface area (Å²) in [5.41, 5.74) is 0.738. The maximum Gasteiger partial charge on any atom is 0.263 e. The number of hydrogen-bond donors (Lipinski definition) is 1. The smallest absolute Gasteiger partial charge is 0.263 e. The Morgan fingerprint density at radius 1 is 1.32 bits per heavy atom. The van der Waals surface area contributed by atoms with E-state index in [4.69, 9.17) is 0 Å². The number of carbonyl (C=O) groups excluding carboxylic acids is 1. The number of aromatic amines is 1. The van der Waals surface area contributed by atoms with Crippen LogP contribution in [-0.4, -0.2) is 17.9 Å². The molecule has 0 spiro atoms. The fourth-order valence-corrected chi connectivity index (χ4v) is 1.72. The first-order chi connectivity index (χ1) is 8.99. The van der Waals surface area contributed by atoms with Crippen molar-refractivity contribution in [2.75, 3.05) is 11.9 Å². The third kappa shape index (κ3) is 2.70. The van der Waals surface area contributed by atoms with Crippen molar-refractivity contribution in [2.24, 2.45) is 0 Å². The van der Waals surface area contributed by atoms with E-state index >= 15 is 0 Å². The van der Waals surface area contributed by atoms with E-state index < -0.39 is 11.7 Å². The van der Waals surface area contributed by atoms with Crippen LogP contribution in [0.15, 0.2) is 41.3 Å². The molecule has 0 aliphatic rings. The van der Waals surface area contributed by atoms with Gasteiger partial charge in [-0.05, 0) is 25.1 Å². The maximum absolute atomic E-state index is 13.1. The summed E-state index contributed by atoms with van der Waals surface area (Å²) in [6, 6.07) is 6.99. The number of pyridine rings is 1. The number of benzene rings is 1. The van der Waals surface area contributed by atoms with Crippen LogP contribution in [0.3, 0.4) is 0 Å². The number of amides is 1. The lowest BCUT2D eigenvalue weighted by molar-refractivity contribution is 0.0991. The summed E-state index contributed by atoms with van der Waals surface area (Å²) < 4.78 is 13.1. The number of rotatable bonds is 2. The fraction of sp³-hybridized carbons (Fsp3) is 0.143. The summed E-state index contributed by atoms with van der Waals surface area (Å²) in [5.74, 6) is -0.915. The highest BCUT2D eigenvalue weighted by atomic mass is 19.1. The molecule has 0 bridgehead atoms. The van der Waals surface area contributed by atoms with Gasteiger partial charge in [-0.25, -0.2) is 4.39 Å². The Balaban J connectivity index is 2.36. The molecule has 0 saturated carbocycles. The van der Waals surface area contributed by atoms with Crippen LogP contribution < -0.4 is 10.3 Å². The van der Waals surface area contributed by atoms with Crippen molar-refractivity contribution in [3.8, 4) is 0 Å². The van der Waals surface area contributed by atoms with Gasteiger partial charge in [0.15, 0.2) is 5.43 Å². The zero-order valence-electron chi connectivity index (χ0n) is 10.6. The van der Waals surface area contributed by atoms with Gasteiger partial charge < -0.3 is 9.88 Å². The van der Waals surface area contributed by atoms with Crippen LogP contribution in [0.25, 0.3) is 0 Å². The lowest BCUT2D eigenvalue weighted by atomic mass is 10.2. The molecule has 2 aromatic rings. The Morgan fingerprint density at radius 3 is 2.68 bits per heavy atom. The molecule has 0 fully saturated rings. The van der Waals surface area contributed by atoms with Gasteiger partial charge >= 0.3 is 0 Å². The van der Waals surface area contributed by atoms with Gasteiger partial charge in [0.25, 0.3) is 5.91 Å². The summed E-state index contributed by atoms with van der Waals surface area (Å²) in [6.45, 7) is 1.73. The van der Waals surface area contributed by atoms with Crippen molar-refractivity contribution >= 4 is 11.6 Å². The van der Waals surface area contributed by atoms with E-state index in [0.29, 0.717) is 11.4 Å². The van der Waals surface area contributed by atoms with Crippen LogP contribution in [0.1, 0.15) is 16.1 Å². The minimum atomic E-state index is -0.480. The number of anilines is 1. The molecule has 1 aromatic heterocycles. The van der Waals surface area contributed by atoms with Crippen molar-refractivity contribution < 1.29 is 9.18 Å². The van der Waals surface area contributed by atoms with Crippen LogP contribution in [-0.2, 0) is 0 Å². The van der Waals surface area contributed by atoms with Gasteiger partial charge in [0.05, 0.1) is 0 Å². The molecule has 4 nitrogen and oxygen atoms in total. The molecule has 0 atom stereocenters. The van der Waals surface area contributed by atoms with Crippen LogP contribution >= 0.6 is 0 Å². The highest BCUT2D eigenvalue weighted by Gasteiger charge is 2.16. The first-order valence-corrected chi connectivity index (χ1v) is 5.72. The summed E-state index contributed by atoms with van der Waals surface area (Å²) in [6.07, 6.45) is 1.37. The van der Waals surface area contributed by atoms with Crippen LogP contribution in [0, 0.1) is 12.7 Å². The molecule has 19 heavy (non-hydrogen) atoms. The van der Waals surface area contributed by atoms with Gasteiger partial charge in [-0.2, -0.15) is 0 Å². The Hall–Kier alpha value is -2.43. The summed E-state index contributed by atoms with van der Waals surface area (Å²) in [4.78, 5) is 28.0. The van der Waals surface area contributed by atoms with E-state index in [2.05, 4.69) is 4.98 Å². The molecular formula is C14H13FN2O2. The second-order valence-electron chi connectivity index (χ2n) is 4.24. The number of hydrogen-bond acceptors (Lipinski definition) is 2. The van der Waals surface area contributed by atoms with Gasteiger partial charge in [0.2, 0.25) is 0 Å². The summed E-state index contributed by atoms with van der Waals surface area (Å²) in [5, 5.41) is 0. The Morgan fingerprint density at radius 2 is 2.05 bits per heavy atom. The van der Waals surface area contributed by atoms with Crippen LogP contribution in [0.5, 0.6) is 0 Å². The van der Waals surface area contributed by atoms with Gasteiger partial charge in [-0.1, -0.05) is 6.07 Å². The number of aryl methyl sites for hydroxylation is 1. The minimum absolute atomic E-state index is 0.0253. The van der Waals surface area contributed by atoms with Gasteiger partial charge in [0.1, 0.15) is 11.4 Å². The number of aromatic nitrogens is 1. The van der Waals surface area contributed by atoms with E-state index in [0.717, 1.165) is 0 Å². The molecule has 1 heterocycles. The van der Waals surface area contributed by atoms with E-state index in [1.54, 1.807) is 13.0 Å². The van der Waals surface area contributed by atoms with E-state index in [-0.39, 0.29) is 11.0 Å². The average molecular weight is 260 g/mol. The van der Waals surface area contributed by atoms with E-state index in [9.17, 15) is 14.0 Å². The molecule has 1 amide bonds. The van der Waals surface area contributed by atoms with Gasteiger partial charge in [-0.15, -0.1) is 0 Å². The quantitative estimate of drug-likeness (QED) is 0.899. The third-order valence-corrected chi connectivity index (χ3v) is 2.79. The topological polar surface area (TPSA) is 53.2 Å². The maximum atomic E-state index is 13.1. The first-order valence-electron chi connectivity index (χ1n) is 5.72. The zero-order valence-corrected chi connectivity index (χ0v) is 10.6. The van der Waals surface area contributed by atoms with Crippen molar-refractivity contribution in [3.05, 3.63) is 63.8 Å². The third-order valence-electron chi connectivity index (χ3n) is 2.79. The molecule has 2 rings (SSSR count). The largest absolute Gasteiger partial charge is 0.364 e. The monoisotopic (exact) mass is 260 g/mol. The highest BCUT2D eigenvalue weighted by molar-refractivity contribution is 6.05. The number of carbonyl (C=O) groups is 1. The number of nitrogens with zero attached hydrogens (tertiary/aromatic N) is 1. The number of halogens is 1. The summed E-state index contributed by atoms with van der Waals surface area (Å²) >= 11 is 0. The van der Waals surface area contributed by atoms with Crippen molar-refractivity contribution in [1.82, 2.24) is 4.98 Å². The molecular weight excluding hydrogens is 247 g/mol. The number of H-pyrrole nitrogens is 1. The SMILES string of the molecule is Cc1cc(=O)c(C(=O)N(C)c2cccc(F)c2)c[nH]1. The molecule has 5 heteroatoms. The first kappa shape index (κ1) is 13.0. The highest BCUT2D eigenvalue weighted by Crippen LogP contribution is 2.15. The Kier molecular flexibility index (Phi) is 3.46. The molecule has 0 unspecified atom stereocenters. The minimum Gasteiger partial charge on any atom is -0.364 e. The molecule has 0 aliphatic carbocycles. The van der Waals surface area contributed by atoms with E-state index in [1.165, 1.54) is 42.4 Å². The molecule has 0 radical (unpaired) electrons. The zero-order chi connectivity index (χ0) is 14.0.